The van der Waals surface area contributed by atoms with Crippen molar-refractivity contribution in [3.05, 3.63) is 29.8 Å². The summed E-state index contributed by atoms with van der Waals surface area (Å²) in [5.41, 5.74) is 1.61. The van der Waals surface area contributed by atoms with Crippen molar-refractivity contribution < 1.29 is 14.9 Å². The minimum atomic E-state index is 0.0173. The molecule has 0 unspecified atom stereocenters. The first-order valence-electron chi connectivity index (χ1n) is 4.91. The van der Waals surface area contributed by atoms with Gasteiger partial charge in [-0.3, -0.25) is 10.1 Å². The Morgan fingerprint density at radius 1 is 1.40 bits per heavy atom. The molecule has 0 saturated carbocycles. The zero-order valence-corrected chi connectivity index (χ0v) is 8.69. The number of hydrogen-bond acceptors (Lipinski definition) is 3. The fraction of sp³-hybridized carbons (Fsp3) is 0.364. The molecule has 0 aliphatic carbocycles. The molecule has 0 spiro atoms. The molecule has 0 saturated heterocycles. The number of amides is 1. The molecule has 0 atom stereocenters. The molecule has 1 amide bonds. The smallest absolute Gasteiger partial charge is 0.224 e. The summed E-state index contributed by atoms with van der Waals surface area (Å²) >= 11 is 0. The molecule has 15 heavy (non-hydrogen) atoms. The molecular formula is C11H15NO3. The normalized spacial score (nSPS) is 10.0. The Kier molecular flexibility index (Phi) is 4.80. The van der Waals surface area contributed by atoms with E-state index >= 15 is 0 Å². The first-order chi connectivity index (χ1) is 7.26. The molecule has 0 aliphatic rings. The summed E-state index contributed by atoms with van der Waals surface area (Å²) < 4.78 is 0. The molecule has 2 N–H and O–H groups in total. The van der Waals surface area contributed by atoms with E-state index in [4.69, 9.17) is 5.26 Å². The van der Waals surface area contributed by atoms with Crippen molar-refractivity contribution >= 4 is 11.6 Å². The van der Waals surface area contributed by atoms with Crippen molar-refractivity contribution in [1.82, 2.24) is 0 Å². The van der Waals surface area contributed by atoms with Crippen molar-refractivity contribution in [1.29, 1.82) is 0 Å². The Morgan fingerprint density at radius 3 is 2.60 bits per heavy atom. The maximum absolute atomic E-state index is 11.2. The van der Waals surface area contributed by atoms with Gasteiger partial charge in [0.15, 0.2) is 0 Å². The van der Waals surface area contributed by atoms with Crippen LogP contribution >= 0.6 is 0 Å². The topological polar surface area (TPSA) is 58.6 Å². The van der Waals surface area contributed by atoms with E-state index in [0.29, 0.717) is 6.42 Å². The fourth-order valence-electron chi connectivity index (χ4n) is 1.21. The van der Waals surface area contributed by atoms with Gasteiger partial charge in [-0.15, -0.1) is 0 Å². The maximum atomic E-state index is 11.2. The van der Waals surface area contributed by atoms with Crippen LogP contribution < -0.4 is 5.32 Å². The minimum absolute atomic E-state index is 0.0173. The Hall–Kier alpha value is -1.39. The predicted molar refractivity (Wildman–Crippen MR) is 57.4 cm³/mol. The van der Waals surface area contributed by atoms with Gasteiger partial charge in [-0.05, 0) is 24.1 Å². The lowest BCUT2D eigenvalue weighted by Crippen LogP contribution is -2.10. The molecular weight excluding hydrogens is 194 g/mol. The van der Waals surface area contributed by atoms with Crippen LogP contribution in [0.3, 0.4) is 0 Å². The van der Waals surface area contributed by atoms with Crippen LogP contribution in [-0.4, -0.2) is 11.2 Å². The molecule has 0 aromatic heterocycles. The molecule has 4 nitrogen and oxygen atoms in total. The average Bonchev–Trinajstić information content (AvgIpc) is 2.22. The zero-order chi connectivity index (χ0) is 11.1. The van der Waals surface area contributed by atoms with Crippen LogP contribution in [0.4, 0.5) is 5.69 Å². The molecule has 4 heteroatoms. The van der Waals surface area contributed by atoms with Crippen molar-refractivity contribution in [2.24, 2.45) is 0 Å². The Labute approximate surface area is 88.8 Å². The Morgan fingerprint density at radius 2 is 2.07 bits per heavy atom. The van der Waals surface area contributed by atoms with E-state index in [1.807, 2.05) is 6.92 Å². The second-order valence-corrected chi connectivity index (χ2v) is 3.27. The summed E-state index contributed by atoms with van der Waals surface area (Å²) in [6.45, 7) is 2.12. The third-order valence-electron chi connectivity index (χ3n) is 1.95. The van der Waals surface area contributed by atoms with E-state index in [1.54, 1.807) is 24.3 Å². The second-order valence-electron chi connectivity index (χ2n) is 3.27. The van der Waals surface area contributed by atoms with Crippen LogP contribution in [0.25, 0.3) is 0 Å². The van der Waals surface area contributed by atoms with E-state index in [0.717, 1.165) is 17.7 Å². The lowest BCUT2D eigenvalue weighted by atomic mass is 10.2. The summed E-state index contributed by atoms with van der Waals surface area (Å²) in [6.07, 6.45) is 1.36. The first kappa shape index (κ1) is 11.7. The van der Waals surface area contributed by atoms with E-state index in [-0.39, 0.29) is 12.5 Å². The predicted octanol–water partition coefficient (Wildman–Crippen LogP) is 2.41. The highest BCUT2D eigenvalue weighted by Crippen LogP contribution is 2.10. The van der Waals surface area contributed by atoms with E-state index < -0.39 is 0 Å². The Balaban J connectivity index is 2.52. The molecule has 0 bridgehead atoms. The number of benzene rings is 1. The van der Waals surface area contributed by atoms with Gasteiger partial charge in [-0.2, -0.15) is 0 Å². The summed E-state index contributed by atoms with van der Waals surface area (Å²) in [6, 6.07) is 7.14. The van der Waals surface area contributed by atoms with Gasteiger partial charge in [-0.25, -0.2) is 4.89 Å². The standard InChI is InChI=1S/C11H15NO3/c1-2-3-11(13)12-10-6-4-9(5-7-10)8-15-14/h4-7,14H,2-3,8H2,1H3,(H,12,13). The van der Waals surface area contributed by atoms with Crippen LogP contribution in [0.1, 0.15) is 25.3 Å². The first-order valence-corrected chi connectivity index (χ1v) is 4.91. The summed E-state index contributed by atoms with van der Waals surface area (Å²) in [5.74, 6) is 0.0173. The van der Waals surface area contributed by atoms with Crippen LogP contribution in [0.15, 0.2) is 24.3 Å². The van der Waals surface area contributed by atoms with Crippen molar-refractivity contribution in [3.8, 4) is 0 Å². The maximum Gasteiger partial charge on any atom is 0.224 e. The Bertz CT molecular complexity index is 308. The number of nitrogens with one attached hydrogen (secondary N) is 1. The van der Waals surface area contributed by atoms with Crippen LogP contribution in [-0.2, 0) is 16.3 Å². The quantitative estimate of drug-likeness (QED) is 0.578. The third kappa shape index (κ3) is 4.10. The SMILES string of the molecule is CCCC(=O)Nc1ccc(COO)cc1. The highest BCUT2D eigenvalue weighted by Gasteiger charge is 2.00. The lowest BCUT2D eigenvalue weighted by molar-refractivity contribution is -0.253. The molecule has 1 aromatic carbocycles. The van der Waals surface area contributed by atoms with Gasteiger partial charge in [0.25, 0.3) is 0 Å². The van der Waals surface area contributed by atoms with Crippen LogP contribution in [0.5, 0.6) is 0 Å². The number of carbonyl (C=O) groups is 1. The van der Waals surface area contributed by atoms with E-state index in [9.17, 15) is 4.79 Å². The zero-order valence-electron chi connectivity index (χ0n) is 8.69. The molecule has 82 valence electrons. The largest absolute Gasteiger partial charge is 0.326 e. The summed E-state index contributed by atoms with van der Waals surface area (Å²) in [5, 5.41) is 11.0. The number of anilines is 1. The van der Waals surface area contributed by atoms with Crippen LogP contribution in [0.2, 0.25) is 0 Å². The minimum Gasteiger partial charge on any atom is -0.326 e. The molecule has 0 radical (unpaired) electrons. The van der Waals surface area contributed by atoms with Crippen molar-refractivity contribution in [2.45, 2.75) is 26.4 Å². The van der Waals surface area contributed by atoms with Gasteiger partial charge < -0.3 is 5.32 Å². The van der Waals surface area contributed by atoms with Gasteiger partial charge in [0, 0.05) is 12.1 Å². The molecule has 0 fully saturated rings. The summed E-state index contributed by atoms with van der Waals surface area (Å²) in [4.78, 5) is 15.2. The number of carbonyl (C=O) groups excluding carboxylic acids is 1. The van der Waals surface area contributed by atoms with E-state index in [2.05, 4.69) is 10.2 Å². The van der Waals surface area contributed by atoms with Crippen LogP contribution in [0, 0.1) is 0 Å². The molecule has 1 rings (SSSR count). The highest BCUT2D eigenvalue weighted by atomic mass is 17.1. The second kappa shape index (κ2) is 6.16. The molecule has 0 heterocycles. The summed E-state index contributed by atoms with van der Waals surface area (Å²) in [7, 11) is 0. The highest BCUT2D eigenvalue weighted by molar-refractivity contribution is 5.90. The fourth-order valence-corrected chi connectivity index (χ4v) is 1.21. The third-order valence-corrected chi connectivity index (χ3v) is 1.95. The monoisotopic (exact) mass is 209 g/mol. The van der Waals surface area contributed by atoms with Gasteiger partial charge in [-0.1, -0.05) is 19.1 Å². The van der Waals surface area contributed by atoms with E-state index in [1.165, 1.54) is 0 Å². The number of hydrogen-bond donors (Lipinski definition) is 2. The van der Waals surface area contributed by atoms with Crippen molar-refractivity contribution in [3.63, 3.8) is 0 Å². The molecule has 0 aliphatic heterocycles. The average molecular weight is 209 g/mol. The van der Waals surface area contributed by atoms with Gasteiger partial charge in [0.2, 0.25) is 5.91 Å². The van der Waals surface area contributed by atoms with Gasteiger partial charge >= 0.3 is 0 Å². The molecule has 1 aromatic rings. The number of rotatable bonds is 5. The van der Waals surface area contributed by atoms with Gasteiger partial charge in [0.1, 0.15) is 6.61 Å². The lowest BCUT2D eigenvalue weighted by Gasteiger charge is -2.04. The van der Waals surface area contributed by atoms with Crippen molar-refractivity contribution in [2.75, 3.05) is 5.32 Å². The van der Waals surface area contributed by atoms with Gasteiger partial charge in [0.05, 0.1) is 0 Å².